The maximum atomic E-state index is 14.2. The molecule has 0 saturated heterocycles. The van der Waals surface area contributed by atoms with E-state index in [1.54, 1.807) is 13.0 Å². The SMILES string of the molecule is Cc1cc2c(c(=O)o1)C(c1ccccc1F)C(C#N)=C(N)O2. The summed E-state index contributed by atoms with van der Waals surface area (Å²) in [4.78, 5) is 12.2. The van der Waals surface area contributed by atoms with Gasteiger partial charge in [0.25, 0.3) is 0 Å². The smallest absolute Gasteiger partial charge is 0.343 e. The molecule has 22 heavy (non-hydrogen) atoms. The minimum absolute atomic E-state index is 0.0197. The van der Waals surface area contributed by atoms with Gasteiger partial charge in [-0.2, -0.15) is 5.26 Å². The van der Waals surface area contributed by atoms with Gasteiger partial charge in [-0.25, -0.2) is 9.18 Å². The number of rotatable bonds is 1. The minimum Gasteiger partial charge on any atom is -0.440 e. The number of nitrogens with two attached hydrogens (primary N) is 1. The molecule has 0 bridgehead atoms. The average molecular weight is 298 g/mol. The molecule has 0 spiro atoms. The molecular formula is C16H11FN2O3. The Balaban J connectivity index is 2.35. The van der Waals surface area contributed by atoms with E-state index in [0.29, 0.717) is 5.76 Å². The lowest BCUT2D eigenvalue weighted by Gasteiger charge is -2.25. The van der Waals surface area contributed by atoms with Crippen LogP contribution in [0.25, 0.3) is 0 Å². The molecule has 2 N–H and O–H groups in total. The Kier molecular flexibility index (Phi) is 3.18. The Bertz CT molecular complexity index is 893. The monoisotopic (exact) mass is 298 g/mol. The highest BCUT2D eigenvalue weighted by Crippen LogP contribution is 2.41. The van der Waals surface area contributed by atoms with Crippen LogP contribution in [0.3, 0.4) is 0 Å². The maximum Gasteiger partial charge on any atom is 0.343 e. The molecular weight excluding hydrogens is 287 g/mol. The second kappa shape index (κ2) is 5.04. The van der Waals surface area contributed by atoms with E-state index in [4.69, 9.17) is 14.9 Å². The Morgan fingerprint density at radius 1 is 1.36 bits per heavy atom. The van der Waals surface area contributed by atoms with Crippen molar-refractivity contribution >= 4 is 0 Å². The average Bonchev–Trinajstić information content (AvgIpc) is 2.46. The van der Waals surface area contributed by atoms with Crippen LogP contribution in [0.1, 0.15) is 22.8 Å². The molecule has 1 atom stereocenters. The molecule has 2 heterocycles. The Morgan fingerprint density at radius 3 is 2.77 bits per heavy atom. The maximum absolute atomic E-state index is 14.2. The van der Waals surface area contributed by atoms with E-state index in [0.717, 1.165) is 0 Å². The molecule has 6 heteroatoms. The molecule has 0 fully saturated rings. The molecule has 5 nitrogen and oxygen atoms in total. The molecule has 0 saturated carbocycles. The zero-order valence-corrected chi connectivity index (χ0v) is 11.6. The second-order valence-electron chi connectivity index (χ2n) is 4.87. The van der Waals surface area contributed by atoms with Crippen LogP contribution in [0.15, 0.2) is 51.0 Å². The molecule has 0 aliphatic carbocycles. The fourth-order valence-electron chi connectivity index (χ4n) is 2.54. The third-order valence-corrected chi connectivity index (χ3v) is 3.47. The summed E-state index contributed by atoms with van der Waals surface area (Å²) in [5, 5.41) is 9.33. The van der Waals surface area contributed by atoms with Crippen LogP contribution in [0.4, 0.5) is 4.39 Å². The van der Waals surface area contributed by atoms with E-state index in [2.05, 4.69) is 0 Å². The molecule has 1 aromatic heterocycles. The highest BCUT2D eigenvalue weighted by Gasteiger charge is 2.35. The van der Waals surface area contributed by atoms with Crippen LogP contribution in [-0.2, 0) is 0 Å². The van der Waals surface area contributed by atoms with Crippen molar-refractivity contribution in [1.82, 2.24) is 0 Å². The summed E-state index contributed by atoms with van der Waals surface area (Å²) in [6.45, 7) is 1.59. The molecule has 1 aliphatic heterocycles. The van der Waals surface area contributed by atoms with E-state index >= 15 is 0 Å². The van der Waals surface area contributed by atoms with Gasteiger partial charge in [-0.3, -0.25) is 0 Å². The lowest BCUT2D eigenvalue weighted by molar-refractivity contribution is 0.370. The summed E-state index contributed by atoms with van der Waals surface area (Å²) in [6.07, 6.45) is 0. The second-order valence-corrected chi connectivity index (χ2v) is 4.87. The van der Waals surface area contributed by atoms with Crippen molar-refractivity contribution in [2.75, 3.05) is 0 Å². The van der Waals surface area contributed by atoms with E-state index in [9.17, 15) is 14.4 Å². The Morgan fingerprint density at radius 2 is 2.09 bits per heavy atom. The van der Waals surface area contributed by atoms with Gasteiger partial charge >= 0.3 is 5.63 Å². The molecule has 3 rings (SSSR count). The number of nitriles is 1. The number of hydrogen-bond donors (Lipinski definition) is 1. The minimum atomic E-state index is -0.952. The number of halogens is 1. The summed E-state index contributed by atoms with van der Waals surface area (Å²) in [6, 6.07) is 9.28. The molecule has 2 aromatic rings. The fourth-order valence-corrected chi connectivity index (χ4v) is 2.54. The largest absolute Gasteiger partial charge is 0.440 e. The molecule has 1 aliphatic rings. The summed E-state index contributed by atoms with van der Waals surface area (Å²) in [5.74, 6) is -1.12. The van der Waals surface area contributed by atoms with Crippen LogP contribution in [0.5, 0.6) is 5.75 Å². The zero-order chi connectivity index (χ0) is 15.9. The fraction of sp³-hybridized carbons (Fsp3) is 0.125. The van der Waals surface area contributed by atoms with Crippen molar-refractivity contribution < 1.29 is 13.5 Å². The first-order chi connectivity index (χ1) is 10.5. The number of aryl methyl sites for hydroxylation is 1. The van der Waals surface area contributed by atoms with Crippen molar-refractivity contribution in [2.24, 2.45) is 5.73 Å². The number of fused-ring (bicyclic) bond motifs is 1. The molecule has 1 unspecified atom stereocenters. The number of hydrogen-bond acceptors (Lipinski definition) is 5. The molecule has 0 radical (unpaired) electrons. The third-order valence-electron chi connectivity index (χ3n) is 3.47. The van der Waals surface area contributed by atoms with Crippen molar-refractivity contribution in [1.29, 1.82) is 5.26 Å². The van der Waals surface area contributed by atoms with Gasteiger partial charge in [0.05, 0.1) is 11.5 Å². The van der Waals surface area contributed by atoms with Gasteiger partial charge in [0, 0.05) is 11.6 Å². The van der Waals surface area contributed by atoms with Gasteiger partial charge in [-0.05, 0) is 13.0 Å². The van der Waals surface area contributed by atoms with Crippen LogP contribution < -0.4 is 16.1 Å². The van der Waals surface area contributed by atoms with Crippen LogP contribution in [0.2, 0.25) is 0 Å². The van der Waals surface area contributed by atoms with Gasteiger partial charge in [-0.15, -0.1) is 0 Å². The zero-order valence-electron chi connectivity index (χ0n) is 11.6. The Hall–Kier alpha value is -3.07. The lowest BCUT2D eigenvalue weighted by Crippen LogP contribution is -2.26. The van der Waals surface area contributed by atoms with Gasteiger partial charge in [0.1, 0.15) is 29.0 Å². The van der Waals surface area contributed by atoms with Crippen molar-refractivity contribution in [3.63, 3.8) is 0 Å². The summed E-state index contributed by atoms with van der Waals surface area (Å²) in [7, 11) is 0. The number of nitrogens with zero attached hydrogens (tertiary/aromatic N) is 1. The quantitative estimate of drug-likeness (QED) is 0.872. The molecule has 1 aromatic carbocycles. The predicted octanol–water partition coefficient (Wildman–Crippen LogP) is 2.31. The van der Waals surface area contributed by atoms with Gasteiger partial charge in [0.2, 0.25) is 5.88 Å². The van der Waals surface area contributed by atoms with Crippen LogP contribution in [0, 0.1) is 24.1 Å². The first kappa shape index (κ1) is 13.9. The van der Waals surface area contributed by atoms with Crippen molar-refractivity contribution in [3.05, 3.63) is 74.9 Å². The van der Waals surface area contributed by atoms with Crippen molar-refractivity contribution in [2.45, 2.75) is 12.8 Å². The first-order valence-electron chi connectivity index (χ1n) is 6.49. The topological polar surface area (TPSA) is 89.2 Å². The summed E-state index contributed by atoms with van der Waals surface area (Å²) < 4.78 is 24.6. The predicted molar refractivity (Wildman–Crippen MR) is 75.4 cm³/mol. The number of allylic oxidation sites excluding steroid dienone is 1. The third kappa shape index (κ3) is 2.04. The standard InChI is InChI=1S/C16H11FN2O3/c1-8-6-12-14(16(20)21-8)13(10(7-18)15(19)22-12)9-4-2-3-5-11(9)17/h2-6,13H,19H2,1H3. The lowest BCUT2D eigenvalue weighted by atomic mass is 9.84. The van der Waals surface area contributed by atoms with Crippen LogP contribution >= 0.6 is 0 Å². The molecule has 0 amide bonds. The number of ether oxygens (including phenoxy) is 1. The summed E-state index contributed by atoms with van der Waals surface area (Å²) >= 11 is 0. The van der Waals surface area contributed by atoms with E-state index in [1.807, 2.05) is 6.07 Å². The van der Waals surface area contributed by atoms with Gasteiger partial charge < -0.3 is 14.9 Å². The van der Waals surface area contributed by atoms with Gasteiger partial charge in [-0.1, -0.05) is 18.2 Å². The van der Waals surface area contributed by atoms with Crippen LogP contribution in [-0.4, -0.2) is 0 Å². The highest BCUT2D eigenvalue weighted by molar-refractivity contribution is 5.54. The van der Waals surface area contributed by atoms with E-state index in [-0.39, 0.29) is 28.3 Å². The normalized spacial score (nSPS) is 16.7. The van der Waals surface area contributed by atoms with E-state index < -0.39 is 17.4 Å². The molecule has 110 valence electrons. The number of benzene rings is 1. The van der Waals surface area contributed by atoms with E-state index in [1.165, 1.54) is 24.3 Å². The van der Waals surface area contributed by atoms with Crippen molar-refractivity contribution in [3.8, 4) is 11.8 Å². The Labute approximate surface area is 125 Å². The highest BCUT2D eigenvalue weighted by atomic mass is 19.1. The first-order valence-corrected chi connectivity index (χ1v) is 6.49. The summed E-state index contributed by atoms with van der Waals surface area (Å²) in [5.41, 5.74) is 5.31. The van der Waals surface area contributed by atoms with Gasteiger partial charge in [0.15, 0.2) is 0 Å².